The van der Waals surface area contributed by atoms with E-state index >= 15 is 0 Å². The summed E-state index contributed by atoms with van der Waals surface area (Å²) < 4.78 is 41.0. The van der Waals surface area contributed by atoms with Gasteiger partial charge in [0.2, 0.25) is 5.91 Å². The van der Waals surface area contributed by atoms with Gasteiger partial charge in [0.15, 0.2) is 6.10 Å². The van der Waals surface area contributed by atoms with Crippen LogP contribution in [-0.4, -0.2) is 48.6 Å². The fraction of sp³-hybridized carbons (Fsp3) is 0.889. The normalized spacial score (nSPS) is 25.4. The van der Waals surface area contributed by atoms with E-state index in [1.54, 1.807) is 0 Å². The lowest BCUT2D eigenvalue weighted by Crippen LogP contribution is -2.44. The largest absolute Gasteiger partial charge is 0.416 e. The topological polar surface area (TPSA) is 84.6 Å². The number of carbonyl (C=O) groups is 1. The maximum absolute atomic E-state index is 11.9. The first-order valence-electron chi connectivity index (χ1n) is 5.22. The summed E-state index contributed by atoms with van der Waals surface area (Å²) >= 11 is 0. The maximum Gasteiger partial charge on any atom is 0.416 e. The fourth-order valence-electron chi connectivity index (χ4n) is 1.50. The summed E-state index contributed by atoms with van der Waals surface area (Å²) in [5, 5.41) is 10.7. The molecule has 0 aliphatic carbocycles. The van der Waals surface area contributed by atoms with Crippen molar-refractivity contribution in [3.05, 3.63) is 0 Å². The van der Waals surface area contributed by atoms with Gasteiger partial charge in [-0.2, -0.15) is 13.2 Å². The lowest BCUT2D eigenvalue weighted by Gasteiger charge is -2.17. The standard InChI is InChI=1S/C9H15F3N2O3.ClH/c10-9(11,12)7(15)4-14-8(16)6-2-1-5(3-13)17-6;/h5-7,15H,1-4,13H2,(H,14,16);1H/t5-,6+,7?;/m1./s1. The van der Waals surface area contributed by atoms with Gasteiger partial charge in [0.1, 0.15) is 6.10 Å². The fourth-order valence-corrected chi connectivity index (χ4v) is 1.50. The number of hydrogen-bond donors (Lipinski definition) is 3. The molecule has 1 heterocycles. The number of amides is 1. The van der Waals surface area contributed by atoms with Gasteiger partial charge in [-0.05, 0) is 12.8 Å². The molecule has 1 unspecified atom stereocenters. The summed E-state index contributed by atoms with van der Waals surface area (Å²) in [7, 11) is 0. The van der Waals surface area contributed by atoms with E-state index in [9.17, 15) is 18.0 Å². The number of aliphatic hydroxyl groups is 1. The van der Waals surface area contributed by atoms with E-state index in [0.717, 1.165) is 0 Å². The number of alkyl halides is 3. The van der Waals surface area contributed by atoms with Gasteiger partial charge in [0, 0.05) is 6.54 Å². The predicted molar refractivity (Wildman–Crippen MR) is 59.3 cm³/mol. The van der Waals surface area contributed by atoms with Crippen LogP contribution in [0.4, 0.5) is 13.2 Å². The van der Waals surface area contributed by atoms with Gasteiger partial charge >= 0.3 is 6.18 Å². The number of aliphatic hydroxyl groups excluding tert-OH is 1. The van der Waals surface area contributed by atoms with Crippen molar-refractivity contribution in [1.82, 2.24) is 5.32 Å². The molecule has 3 atom stereocenters. The Morgan fingerprint density at radius 1 is 1.50 bits per heavy atom. The van der Waals surface area contributed by atoms with E-state index in [1.807, 2.05) is 5.32 Å². The van der Waals surface area contributed by atoms with E-state index in [-0.39, 0.29) is 25.1 Å². The molecule has 1 rings (SSSR count). The van der Waals surface area contributed by atoms with Crippen LogP contribution in [0.2, 0.25) is 0 Å². The third kappa shape index (κ3) is 4.97. The molecule has 0 aromatic carbocycles. The van der Waals surface area contributed by atoms with Crippen molar-refractivity contribution in [3.63, 3.8) is 0 Å². The van der Waals surface area contributed by atoms with Gasteiger partial charge in [0.05, 0.1) is 12.6 Å². The predicted octanol–water partition coefficient (Wildman–Crippen LogP) is -0.0461. The molecular weight excluding hydrogens is 277 g/mol. The minimum atomic E-state index is -4.73. The quantitative estimate of drug-likeness (QED) is 0.678. The molecule has 1 fully saturated rings. The number of carbonyl (C=O) groups excluding carboxylic acids is 1. The second-order valence-corrected chi connectivity index (χ2v) is 3.86. The molecule has 1 saturated heterocycles. The van der Waals surface area contributed by atoms with Crippen LogP contribution in [0.1, 0.15) is 12.8 Å². The van der Waals surface area contributed by atoms with Crippen molar-refractivity contribution >= 4 is 18.3 Å². The van der Waals surface area contributed by atoms with Gasteiger partial charge in [-0.15, -0.1) is 12.4 Å². The number of nitrogens with two attached hydrogens (primary N) is 1. The Kier molecular flexibility index (Phi) is 6.90. The van der Waals surface area contributed by atoms with E-state index in [1.165, 1.54) is 0 Å². The van der Waals surface area contributed by atoms with Gasteiger partial charge in [-0.25, -0.2) is 0 Å². The molecule has 0 spiro atoms. The second kappa shape index (κ2) is 7.13. The summed E-state index contributed by atoms with van der Waals surface area (Å²) in [5.74, 6) is -0.649. The number of ether oxygens (including phenoxy) is 1. The molecule has 1 aliphatic rings. The van der Waals surface area contributed by atoms with E-state index < -0.39 is 30.8 Å². The zero-order valence-electron chi connectivity index (χ0n) is 9.44. The minimum Gasteiger partial charge on any atom is -0.382 e. The third-order valence-electron chi connectivity index (χ3n) is 2.51. The monoisotopic (exact) mass is 292 g/mol. The molecule has 108 valence electrons. The number of rotatable bonds is 4. The van der Waals surface area contributed by atoms with Crippen molar-refractivity contribution in [3.8, 4) is 0 Å². The first-order chi connectivity index (χ1) is 7.84. The SMILES string of the molecule is Cl.NC[C@H]1CC[C@@H](C(=O)NCC(O)C(F)(F)F)O1. The van der Waals surface area contributed by atoms with Crippen molar-refractivity contribution in [2.45, 2.75) is 37.3 Å². The van der Waals surface area contributed by atoms with Gasteiger partial charge in [-0.3, -0.25) is 4.79 Å². The molecule has 0 aromatic rings. The lowest BCUT2D eigenvalue weighted by molar-refractivity contribution is -0.202. The smallest absolute Gasteiger partial charge is 0.382 e. The number of nitrogens with one attached hydrogen (secondary N) is 1. The van der Waals surface area contributed by atoms with Crippen LogP contribution in [0.25, 0.3) is 0 Å². The van der Waals surface area contributed by atoms with Gasteiger partial charge < -0.3 is 20.9 Å². The average molecular weight is 293 g/mol. The van der Waals surface area contributed by atoms with Crippen LogP contribution in [0.3, 0.4) is 0 Å². The molecule has 18 heavy (non-hydrogen) atoms. The number of halogens is 4. The Balaban J connectivity index is 0.00000289. The summed E-state index contributed by atoms with van der Waals surface area (Å²) in [6.07, 6.45) is -7.25. The summed E-state index contributed by atoms with van der Waals surface area (Å²) in [6.45, 7) is -0.593. The van der Waals surface area contributed by atoms with Crippen molar-refractivity contribution in [1.29, 1.82) is 0 Å². The van der Waals surface area contributed by atoms with Crippen molar-refractivity contribution < 1.29 is 27.8 Å². The second-order valence-electron chi connectivity index (χ2n) is 3.86. The Morgan fingerprint density at radius 2 is 2.11 bits per heavy atom. The highest BCUT2D eigenvalue weighted by atomic mass is 35.5. The van der Waals surface area contributed by atoms with Crippen LogP contribution in [0.15, 0.2) is 0 Å². The molecule has 1 aliphatic heterocycles. The Hall–Kier alpha value is -0.570. The van der Waals surface area contributed by atoms with Gasteiger partial charge in [0.25, 0.3) is 0 Å². The van der Waals surface area contributed by atoms with Crippen molar-refractivity contribution in [2.24, 2.45) is 5.73 Å². The highest BCUT2D eigenvalue weighted by Crippen LogP contribution is 2.21. The zero-order valence-corrected chi connectivity index (χ0v) is 10.3. The molecule has 9 heteroatoms. The summed E-state index contributed by atoms with van der Waals surface area (Å²) in [4.78, 5) is 11.4. The Bertz CT molecular complexity index is 278. The van der Waals surface area contributed by atoms with Crippen LogP contribution >= 0.6 is 12.4 Å². The third-order valence-corrected chi connectivity index (χ3v) is 2.51. The van der Waals surface area contributed by atoms with E-state index in [4.69, 9.17) is 15.6 Å². The van der Waals surface area contributed by atoms with Crippen LogP contribution in [0, 0.1) is 0 Å². The molecule has 5 nitrogen and oxygen atoms in total. The van der Waals surface area contributed by atoms with Crippen molar-refractivity contribution in [2.75, 3.05) is 13.1 Å². The molecule has 4 N–H and O–H groups in total. The number of hydrogen-bond acceptors (Lipinski definition) is 4. The highest BCUT2D eigenvalue weighted by molar-refractivity contribution is 5.85. The first-order valence-corrected chi connectivity index (χ1v) is 5.22. The van der Waals surface area contributed by atoms with Crippen LogP contribution in [0.5, 0.6) is 0 Å². The van der Waals surface area contributed by atoms with Crippen LogP contribution in [-0.2, 0) is 9.53 Å². The van der Waals surface area contributed by atoms with E-state index in [0.29, 0.717) is 12.8 Å². The zero-order chi connectivity index (χ0) is 13.1. The molecule has 0 saturated carbocycles. The maximum atomic E-state index is 11.9. The van der Waals surface area contributed by atoms with Crippen LogP contribution < -0.4 is 11.1 Å². The molecule has 0 radical (unpaired) electrons. The Labute approximate surface area is 108 Å². The van der Waals surface area contributed by atoms with Gasteiger partial charge in [-0.1, -0.05) is 0 Å². The summed E-state index contributed by atoms with van der Waals surface area (Å²) in [6, 6.07) is 0. The minimum absolute atomic E-state index is 0. The molecule has 1 amide bonds. The molecule has 0 bridgehead atoms. The lowest BCUT2D eigenvalue weighted by atomic mass is 10.2. The molecular formula is C9H16ClF3N2O3. The summed E-state index contributed by atoms with van der Waals surface area (Å²) in [5.41, 5.74) is 5.33. The first kappa shape index (κ1) is 17.4. The van der Waals surface area contributed by atoms with E-state index in [2.05, 4.69) is 0 Å². The molecule has 0 aromatic heterocycles. The Morgan fingerprint density at radius 3 is 2.56 bits per heavy atom. The average Bonchev–Trinajstić information content (AvgIpc) is 2.72. The highest BCUT2D eigenvalue weighted by Gasteiger charge is 2.39.